The van der Waals surface area contributed by atoms with Crippen molar-refractivity contribution in [2.75, 3.05) is 0 Å². The predicted octanol–water partition coefficient (Wildman–Crippen LogP) is 3.33. The summed E-state index contributed by atoms with van der Waals surface area (Å²) in [7, 11) is 0. The van der Waals surface area contributed by atoms with E-state index in [-0.39, 0.29) is 0 Å². The van der Waals surface area contributed by atoms with E-state index in [1.165, 1.54) is 11.8 Å². The molecule has 0 amide bonds. The Labute approximate surface area is 73.7 Å². The Hall–Kier alpha value is -1.24. The lowest BCUT2D eigenvalue weighted by molar-refractivity contribution is 0.474. The van der Waals surface area contributed by atoms with Gasteiger partial charge in [0.05, 0.1) is 6.26 Å². The SMILES string of the molecule is C=COc1ccccc1C(C)C. The van der Waals surface area contributed by atoms with Crippen molar-refractivity contribution >= 4 is 0 Å². The summed E-state index contributed by atoms with van der Waals surface area (Å²) in [6, 6.07) is 8.01. The first-order chi connectivity index (χ1) is 5.75. The minimum Gasteiger partial charge on any atom is -0.465 e. The Kier molecular flexibility index (Phi) is 2.92. The molecule has 0 radical (unpaired) electrons. The van der Waals surface area contributed by atoms with E-state index in [9.17, 15) is 0 Å². The van der Waals surface area contributed by atoms with Gasteiger partial charge in [-0.3, -0.25) is 0 Å². The number of benzene rings is 1. The van der Waals surface area contributed by atoms with E-state index in [2.05, 4.69) is 26.5 Å². The molecular formula is C11H14O. The Morgan fingerprint density at radius 3 is 2.58 bits per heavy atom. The van der Waals surface area contributed by atoms with Crippen LogP contribution < -0.4 is 4.74 Å². The van der Waals surface area contributed by atoms with Crippen LogP contribution in [0.25, 0.3) is 0 Å². The molecule has 0 fully saturated rings. The summed E-state index contributed by atoms with van der Waals surface area (Å²) in [6.07, 6.45) is 1.46. The van der Waals surface area contributed by atoms with Crippen LogP contribution in [0.5, 0.6) is 5.75 Å². The second-order valence-corrected chi connectivity index (χ2v) is 2.98. The lowest BCUT2D eigenvalue weighted by Crippen LogP contribution is -1.92. The number of hydrogen-bond donors (Lipinski definition) is 0. The quantitative estimate of drug-likeness (QED) is 0.619. The zero-order valence-corrected chi connectivity index (χ0v) is 7.58. The summed E-state index contributed by atoms with van der Waals surface area (Å²) >= 11 is 0. The second-order valence-electron chi connectivity index (χ2n) is 2.98. The van der Waals surface area contributed by atoms with Gasteiger partial charge < -0.3 is 4.74 Å². The predicted molar refractivity (Wildman–Crippen MR) is 51.4 cm³/mol. The van der Waals surface area contributed by atoms with Gasteiger partial charge in [-0.2, -0.15) is 0 Å². The molecule has 0 saturated heterocycles. The van der Waals surface area contributed by atoms with Crippen molar-refractivity contribution in [3.63, 3.8) is 0 Å². The zero-order chi connectivity index (χ0) is 8.97. The minimum atomic E-state index is 0.487. The Morgan fingerprint density at radius 2 is 2.00 bits per heavy atom. The van der Waals surface area contributed by atoms with Crippen LogP contribution >= 0.6 is 0 Å². The first-order valence-corrected chi connectivity index (χ1v) is 4.12. The van der Waals surface area contributed by atoms with Crippen molar-refractivity contribution < 1.29 is 4.74 Å². The van der Waals surface area contributed by atoms with Crippen molar-refractivity contribution in [3.05, 3.63) is 42.7 Å². The van der Waals surface area contributed by atoms with Gasteiger partial charge in [0, 0.05) is 0 Å². The van der Waals surface area contributed by atoms with Gasteiger partial charge in [0.2, 0.25) is 0 Å². The topological polar surface area (TPSA) is 9.23 Å². The normalized spacial score (nSPS) is 9.92. The van der Waals surface area contributed by atoms with Gasteiger partial charge in [-0.25, -0.2) is 0 Å². The molecule has 0 bridgehead atoms. The fourth-order valence-corrected chi connectivity index (χ4v) is 1.15. The lowest BCUT2D eigenvalue weighted by atomic mass is 10.0. The Balaban J connectivity index is 2.99. The molecule has 1 aromatic carbocycles. The highest BCUT2D eigenvalue weighted by molar-refractivity contribution is 5.35. The summed E-state index contributed by atoms with van der Waals surface area (Å²) in [6.45, 7) is 7.82. The first-order valence-electron chi connectivity index (χ1n) is 4.12. The van der Waals surface area contributed by atoms with Gasteiger partial charge in [-0.05, 0) is 17.5 Å². The van der Waals surface area contributed by atoms with Crippen LogP contribution in [0.1, 0.15) is 25.3 Å². The van der Waals surface area contributed by atoms with E-state index in [1.807, 2.05) is 18.2 Å². The highest BCUT2D eigenvalue weighted by Crippen LogP contribution is 2.25. The first kappa shape index (κ1) is 8.85. The Bertz CT molecular complexity index is 263. The van der Waals surface area contributed by atoms with Gasteiger partial charge in [-0.1, -0.05) is 38.6 Å². The maximum atomic E-state index is 5.26. The molecule has 1 nitrogen and oxygen atoms in total. The fraction of sp³-hybridized carbons (Fsp3) is 0.273. The highest BCUT2D eigenvalue weighted by atomic mass is 16.5. The van der Waals surface area contributed by atoms with E-state index >= 15 is 0 Å². The molecule has 0 unspecified atom stereocenters. The molecule has 0 saturated carbocycles. The van der Waals surface area contributed by atoms with Crippen LogP contribution in [-0.2, 0) is 0 Å². The molecule has 12 heavy (non-hydrogen) atoms. The molecule has 0 aliphatic heterocycles. The van der Waals surface area contributed by atoms with E-state index < -0.39 is 0 Å². The van der Waals surface area contributed by atoms with Gasteiger partial charge in [0.25, 0.3) is 0 Å². The molecule has 0 spiro atoms. The van der Waals surface area contributed by atoms with Crippen LogP contribution in [-0.4, -0.2) is 0 Å². The maximum Gasteiger partial charge on any atom is 0.129 e. The van der Waals surface area contributed by atoms with Crippen molar-refractivity contribution in [2.24, 2.45) is 0 Å². The van der Waals surface area contributed by atoms with E-state index in [0.717, 1.165) is 5.75 Å². The summed E-state index contributed by atoms with van der Waals surface area (Å²) in [4.78, 5) is 0. The summed E-state index contributed by atoms with van der Waals surface area (Å²) in [5.74, 6) is 1.39. The summed E-state index contributed by atoms with van der Waals surface area (Å²) in [5, 5.41) is 0. The van der Waals surface area contributed by atoms with Gasteiger partial charge in [0.1, 0.15) is 5.75 Å². The van der Waals surface area contributed by atoms with Crippen LogP contribution in [0, 0.1) is 0 Å². The molecule has 0 atom stereocenters. The largest absolute Gasteiger partial charge is 0.465 e. The lowest BCUT2D eigenvalue weighted by Gasteiger charge is -2.10. The second kappa shape index (κ2) is 3.96. The molecule has 1 aromatic rings. The zero-order valence-electron chi connectivity index (χ0n) is 7.58. The Morgan fingerprint density at radius 1 is 1.33 bits per heavy atom. The summed E-state index contributed by atoms with van der Waals surface area (Å²) < 4.78 is 5.26. The smallest absolute Gasteiger partial charge is 0.129 e. The highest BCUT2D eigenvalue weighted by Gasteiger charge is 2.04. The average molecular weight is 162 g/mol. The standard InChI is InChI=1S/C11H14O/c1-4-12-11-8-6-5-7-10(11)9(2)3/h4-9H,1H2,2-3H3. The van der Waals surface area contributed by atoms with E-state index in [4.69, 9.17) is 4.74 Å². The van der Waals surface area contributed by atoms with E-state index in [1.54, 1.807) is 0 Å². The number of ether oxygens (including phenoxy) is 1. The molecule has 1 heteroatoms. The number of hydrogen-bond acceptors (Lipinski definition) is 1. The minimum absolute atomic E-state index is 0.487. The van der Waals surface area contributed by atoms with Crippen LogP contribution in [0.2, 0.25) is 0 Å². The maximum absolute atomic E-state index is 5.26. The third-order valence-corrected chi connectivity index (χ3v) is 1.75. The van der Waals surface area contributed by atoms with Gasteiger partial charge in [0.15, 0.2) is 0 Å². The van der Waals surface area contributed by atoms with Gasteiger partial charge >= 0.3 is 0 Å². The van der Waals surface area contributed by atoms with Crippen molar-refractivity contribution in [1.82, 2.24) is 0 Å². The number of rotatable bonds is 3. The molecular weight excluding hydrogens is 148 g/mol. The van der Waals surface area contributed by atoms with Gasteiger partial charge in [-0.15, -0.1) is 0 Å². The summed E-state index contributed by atoms with van der Waals surface area (Å²) in [5.41, 5.74) is 1.22. The molecule has 0 heterocycles. The molecule has 64 valence electrons. The number of para-hydroxylation sites is 1. The molecule has 0 aliphatic rings. The molecule has 0 aliphatic carbocycles. The molecule has 1 rings (SSSR count). The molecule has 0 aromatic heterocycles. The van der Waals surface area contributed by atoms with Crippen molar-refractivity contribution in [1.29, 1.82) is 0 Å². The monoisotopic (exact) mass is 162 g/mol. The third-order valence-electron chi connectivity index (χ3n) is 1.75. The van der Waals surface area contributed by atoms with Crippen molar-refractivity contribution in [3.8, 4) is 5.75 Å². The van der Waals surface area contributed by atoms with Crippen LogP contribution in [0.4, 0.5) is 0 Å². The van der Waals surface area contributed by atoms with E-state index in [0.29, 0.717) is 5.92 Å². The average Bonchev–Trinajstić information content (AvgIpc) is 2.05. The van der Waals surface area contributed by atoms with Crippen LogP contribution in [0.3, 0.4) is 0 Å². The fourth-order valence-electron chi connectivity index (χ4n) is 1.15. The van der Waals surface area contributed by atoms with Crippen molar-refractivity contribution in [2.45, 2.75) is 19.8 Å². The van der Waals surface area contributed by atoms with Crippen LogP contribution in [0.15, 0.2) is 37.1 Å². The third kappa shape index (κ3) is 1.88. The molecule has 0 N–H and O–H groups in total.